The Hall–Kier alpha value is -1.79. The van der Waals surface area contributed by atoms with Crippen LogP contribution in [0.5, 0.6) is 0 Å². The van der Waals surface area contributed by atoms with Gasteiger partial charge in [-0.2, -0.15) is 0 Å². The minimum absolute atomic E-state index is 0.0338. The molecule has 0 atom stereocenters. The van der Waals surface area contributed by atoms with Crippen LogP contribution in [0.4, 0.5) is 8.78 Å². The van der Waals surface area contributed by atoms with Gasteiger partial charge >= 0.3 is 0 Å². The zero-order valence-electron chi connectivity index (χ0n) is 10.5. The van der Waals surface area contributed by atoms with Crippen LogP contribution in [0.2, 0.25) is 0 Å². The van der Waals surface area contributed by atoms with E-state index in [1.807, 2.05) is 0 Å². The van der Waals surface area contributed by atoms with Crippen molar-refractivity contribution in [3.63, 3.8) is 0 Å². The van der Waals surface area contributed by atoms with Crippen LogP contribution in [0.3, 0.4) is 0 Å². The Kier molecular flexibility index (Phi) is 4.15. The van der Waals surface area contributed by atoms with Crippen LogP contribution >= 0.6 is 0 Å². The van der Waals surface area contributed by atoms with E-state index in [1.165, 1.54) is 24.3 Å². The van der Waals surface area contributed by atoms with Crippen molar-refractivity contribution >= 4 is 9.84 Å². The van der Waals surface area contributed by atoms with Crippen molar-refractivity contribution in [2.24, 2.45) is 5.73 Å². The zero-order chi connectivity index (χ0) is 14.8. The maximum absolute atomic E-state index is 13.8. The highest BCUT2D eigenvalue weighted by Crippen LogP contribution is 2.20. The number of halogens is 2. The minimum atomic E-state index is -3.79. The summed E-state index contributed by atoms with van der Waals surface area (Å²) in [5.41, 5.74) is 5.99. The molecule has 0 heterocycles. The summed E-state index contributed by atoms with van der Waals surface area (Å²) in [6.45, 7) is 0.174. The van der Waals surface area contributed by atoms with Crippen LogP contribution < -0.4 is 5.73 Å². The number of hydrogen-bond acceptors (Lipinski definition) is 3. The molecule has 3 nitrogen and oxygen atoms in total. The smallest absolute Gasteiger partial charge is 0.182 e. The standard InChI is InChI=1S/C14H13F2NO2S/c15-12-2-1-3-13(7-12)20(18,19)9-11-5-4-10(8-17)6-14(11)16/h1-7H,8-9,17H2. The first-order chi connectivity index (χ1) is 9.42. The van der Waals surface area contributed by atoms with Crippen molar-refractivity contribution in [3.05, 3.63) is 65.2 Å². The van der Waals surface area contributed by atoms with E-state index in [-0.39, 0.29) is 17.0 Å². The molecule has 0 bridgehead atoms. The van der Waals surface area contributed by atoms with E-state index in [4.69, 9.17) is 5.73 Å². The summed E-state index contributed by atoms with van der Waals surface area (Å²) in [6, 6.07) is 8.81. The first-order valence-corrected chi connectivity index (χ1v) is 7.53. The molecule has 0 aliphatic heterocycles. The van der Waals surface area contributed by atoms with Crippen LogP contribution in [0.1, 0.15) is 11.1 Å². The third-order valence-corrected chi connectivity index (χ3v) is 4.52. The molecule has 106 valence electrons. The SMILES string of the molecule is NCc1ccc(CS(=O)(=O)c2cccc(F)c2)c(F)c1. The summed E-state index contributed by atoms with van der Waals surface area (Å²) < 4.78 is 51.0. The van der Waals surface area contributed by atoms with Crippen molar-refractivity contribution in [2.45, 2.75) is 17.2 Å². The van der Waals surface area contributed by atoms with Gasteiger partial charge in [-0.25, -0.2) is 17.2 Å². The largest absolute Gasteiger partial charge is 0.326 e. The summed E-state index contributed by atoms with van der Waals surface area (Å²) in [7, 11) is -3.79. The molecule has 2 N–H and O–H groups in total. The second-order valence-corrected chi connectivity index (χ2v) is 6.34. The van der Waals surface area contributed by atoms with Gasteiger partial charge in [0.25, 0.3) is 0 Å². The van der Waals surface area contributed by atoms with Crippen LogP contribution in [-0.4, -0.2) is 8.42 Å². The van der Waals surface area contributed by atoms with Crippen LogP contribution in [0.25, 0.3) is 0 Å². The Morgan fingerprint density at radius 3 is 2.40 bits per heavy atom. The van der Waals surface area contributed by atoms with E-state index in [9.17, 15) is 17.2 Å². The fourth-order valence-electron chi connectivity index (χ4n) is 1.78. The van der Waals surface area contributed by atoms with Crippen molar-refractivity contribution in [3.8, 4) is 0 Å². The van der Waals surface area contributed by atoms with Crippen molar-refractivity contribution in [1.29, 1.82) is 0 Å². The molecule has 0 aromatic heterocycles. The lowest BCUT2D eigenvalue weighted by molar-refractivity contribution is 0.583. The zero-order valence-corrected chi connectivity index (χ0v) is 11.3. The van der Waals surface area contributed by atoms with E-state index in [0.717, 1.165) is 12.1 Å². The fourth-order valence-corrected chi connectivity index (χ4v) is 3.17. The molecule has 0 unspecified atom stereocenters. The van der Waals surface area contributed by atoms with Gasteiger partial charge < -0.3 is 5.73 Å². The van der Waals surface area contributed by atoms with Gasteiger partial charge in [0.15, 0.2) is 9.84 Å². The van der Waals surface area contributed by atoms with Gasteiger partial charge in [0.05, 0.1) is 10.6 Å². The van der Waals surface area contributed by atoms with E-state index in [1.54, 1.807) is 6.07 Å². The monoisotopic (exact) mass is 297 g/mol. The average Bonchev–Trinajstić information content (AvgIpc) is 2.41. The topological polar surface area (TPSA) is 60.2 Å². The average molecular weight is 297 g/mol. The van der Waals surface area contributed by atoms with E-state index in [0.29, 0.717) is 5.56 Å². The summed E-state index contributed by atoms with van der Waals surface area (Å²) >= 11 is 0. The lowest BCUT2D eigenvalue weighted by Crippen LogP contribution is -2.07. The second-order valence-electron chi connectivity index (χ2n) is 4.35. The Bertz CT molecular complexity index is 730. The predicted octanol–water partition coefficient (Wildman–Crippen LogP) is 2.40. The predicted molar refractivity (Wildman–Crippen MR) is 71.6 cm³/mol. The highest BCUT2D eigenvalue weighted by molar-refractivity contribution is 7.90. The lowest BCUT2D eigenvalue weighted by atomic mass is 10.1. The molecule has 0 saturated carbocycles. The molecular weight excluding hydrogens is 284 g/mol. The molecule has 0 fully saturated rings. The Balaban J connectivity index is 2.33. The van der Waals surface area contributed by atoms with Gasteiger partial charge in [-0.1, -0.05) is 18.2 Å². The Morgan fingerprint density at radius 1 is 1.05 bits per heavy atom. The molecule has 2 aromatic rings. The number of nitrogens with two attached hydrogens (primary N) is 1. The minimum Gasteiger partial charge on any atom is -0.326 e. The van der Waals surface area contributed by atoms with E-state index in [2.05, 4.69) is 0 Å². The summed E-state index contributed by atoms with van der Waals surface area (Å²) in [5.74, 6) is -1.80. The highest BCUT2D eigenvalue weighted by atomic mass is 32.2. The summed E-state index contributed by atoms with van der Waals surface area (Å²) in [6.07, 6.45) is 0. The number of sulfone groups is 1. The van der Waals surface area contributed by atoms with Crippen molar-refractivity contribution in [2.75, 3.05) is 0 Å². The molecule has 0 spiro atoms. The van der Waals surface area contributed by atoms with Crippen LogP contribution in [0, 0.1) is 11.6 Å². The molecular formula is C14H13F2NO2S. The molecule has 0 radical (unpaired) electrons. The molecule has 0 amide bonds. The highest BCUT2D eigenvalue weighted by Gasteiger charge is 2.18. The number of benzene rings is 2. The Labute approximate surface area is 116 Å². The van der Waals surface area contributed by atoms with Gasteiger partial charge in [-0.3, -0.25) is 0 Å². The molecule has 0 aliphatic rings. The van der Waals surface area contributed by atoms with Gasteiger partial charge in [-0.15, -0.1) is 0 Å². The molecule has 0 aliphatic carbocycles. The molecule has 0 saturated heterocycles. The fraction of sp³-hybridized carbons (Fsp3) is 0.143. The normalized spacial score (nSPS) is 11.6. The maximum atomic E-state index is 13.8. The number of rotatable bonds is 4. The van der Waals surface area contributed by atoms with Crippen molar-refractivity contribution < 1.29 is 17.2 Å². The third-order valence-electron chi connectivity index (χ3n) is 2.85. The van der Waals surface area contributed by atoms with Crippen LogP contribution in [0.15, 0.2) is 47.4 Å². The molecule has 20 heavy (non-hydrogen) atoms. The van der Waals surface area contributed by atoms with E-state index < -0.39 is 27.2 Å². The number of hydrogen-bond donors (Lipinski definition) is 1. The Morgan fingerprint density at radius 2 is 1.80 bits per heavy atom. The molecule has 2 aromatic carbocycles. The summed E-state index contributed by atoms with van der Waals surface area (Å²) in [5, 5.41) is 0. The van der Waals surface area contributed by atoms with Gasteiger partial charge in [0, 0.05) is 12.1 Å². The van der Waals surface area contributed by atoms with Crippen LogP contribution in [-0.2, 0) is 22.1 Å². The van der Waals surface area contributed by atoms with Gasteiger partial charge in [0.2, 0.25) is 0 Å². The van der Waals surface area contributed by atoms with Crippen molar-refractivity contribution in [1.82, 2.24) is 0 Å². The molecule has 2 rings (SSSR count). The molecule has 6 heteroatoms. The summed E-state index contributed by atoms with van der Waals surface area (Å²) in [4.78, 5) is -0.167. The van der Waals surface area contributed by atoms with Gasteiger partial charge in [0.1, 0.15) is 11.6 Å². The first-order valence-electron chi connectivity index (χ1n) is 5.88. The second kappa shape index (κ2) is 5.68. The van der Waals surface area contributed by atoms with E-state index >= 15 is 0 Å². The first kappa shape index (κ1) is 14.6. The third kappa shape index (κ3) is 3.20. The quantitative estimate of drug-likeness (QED) is 0.942. The maximum Gasteiger partial charge on any atom is 0.182 e. The lowest BCUT2D eigenvalue weighted by Gasteiger charge is -2.07. The van der Waals surface area contributed by atoms with Gasteiger partial charge in [-0.05, 0) is 29.8 Å².